The van der Waals surface area contributed by atoms with Gasteiger partial charge in [-0.15, -0.1) is 0 Å². The first-order valence-electron chi connectivity index (χ1n) is 5.41. The van der Waals surface area contributed by atoms with Crippen LogP contribution in [0.5, 0.6) is 5.75 Å². The fourth-order valence-corrected chi connectivity index (χ4v) is 2.28. The zero-order valence-electron chi connectivity index (χ0n) is 9.08. The third kappa shape index (κ3) is 2.36. The molecule has 1 aliphatic carbocycles. The number of rotatable bonds is 3. The molecule has 0 aromatic heterocycles. The molecule has 1 aromatic rings. The van der Waals surface area contributed by atoms with Crippen LogP contribution in [0.2, 0.25) is 5.02 Å². The second-order valence-electron chi connectivity index (χ2n) is 4.18. The molecule has 0 spiro atoms. The minimum Gasteiger partial charge on any atom is -0.478 e. The second kappa shape index (κ2) is 4.53. The van der Waals surface area contributed by atoms with Crippen LogP contribution in [0.3, 0.4) is 0 Å². The Morgan fingerprint density at radius 2 is 2.06 bits per heavy atom. The summed E-state index contributed by atoms with van der Waals surface area (Å²) in [6, 6.07) is 3.67. The first-order chi connectivity index (χ1) is 8.03. The van der Waals surface area contributed by atoms with Gasteiger partial charge < -0.3 is 9.84 Å². The first-order valence-corrected chi connectivity index (χ1v) is 5.79. The fourth-order valence-electron chi connectivity index (χ4n) is 2.07. The van der Waals surface area contributed by atoms with Gasteiger partial charge in [0.25, 0.3) is 0 Å². The molecule has 0 aliphatic heterocycles. The van der Waals surface area contributed by atoms with Gasteiger partial charge in [-0.05, 0) is 43.9 Å². The van der Waals surface area contributed by atoms with Crippen LogP contribution in [-0.2, 0) is 4.79 Å². The molecule has 92 valence electrons. The number of ether oxygens (including phenoxy) is 1. The maximum absolute atomic E-state index is 12.9. The molecule has 0 bridgehead atoms. The van der Waals surface area contributed by atoms with E-state index in [4.69, 9.17) is 16.3 Å². The van der Waals surface area contributed by atoms with Gasteiger partial charge in [-0.25, -0.2) is 9.18 Å². The van der Waals surface area contributed by atoms with E-state index in [1.807, 2.05) is 0 Å². The summed E-state index contributed by atoms with van der Waals surface area (Å²) < 4.78 is 18.4. The van der Waals surface area contributed by atoms with Gasteiger partial charge in [0.2, 0.25) is 5.60 Å². The summed E-state index contributed by atoms with van der Waals surface area (Å²) in [5, 5.41) is 9.32. The average Bonchev–Trinajstić information content (AvgIpc) is 2.72. The molecule has 3 nitrogen and oxygen atoms in total. The molecule has 2 rings (SSSR count). The van der Waals surface area contributed by atoms with E-state index in [-0.39, 0.29) is 10.8 Å². The summed E-state index contributed by atoms with van der Waals surface area (Å²) in [7, 11) is 0. The van der Waals surface area contributed by atoms with E-state index in [1.54, 1.807) is 0 Å². The van der Waals surface area contributed by atoms with E-state index >= 15 is 0 Å². The standard InChI is InChI=1S/C12H12ClFO3/c13-9-7-8(14)3-4-10(9)17-12(11(15)16)5-1-2-6-12/h3-4,7H,1-2,5-6H2,(H,15,16). The van der Waals surface area contributed by atoms with Gasteiger partial charge in [0.15, 0.2) is 0 Å². The van der Waals surface area contributed by atoms with Gasteiger partial charge >= 0.3 is 5.97 Å². The van der Waals surface area contributed by atoms with Crippen LogP contribution >= 0.6 is 11.6 Å². The SMILES string of the molecule is O=C(O)C1(Oc2ccc(F)cc2Cl)CCCC1. The zero-order chi connectivity index (χ0) is 12.5. The van der Waals surface area contributed by atoms with Gasteiger partial charge in [0.1, 0.15) is 11.6 Å². The normalized spacial score (nSPS) is 18.0. The molecule has 1 fully saturated rings. The van der Waals surface area contributed by atoms with Gasteiger partial charge in [-0.2, -0.15) is 0 Å². The first kappa shape index (κ1) is 12.2. The molecule has 5 heteroatoms. The van der Waals surface area contributed by atoms with Crippen LogP contribution in [0, 0.1) is 5.82 Å². The molecule has 0 unspecified atom stereocenters. The van der Waals surface area contributed by atoms with Gasteiger partial charge in [0.05, 0.1) is 5.02 Å². The molecule has 0 heterocycles. The lowest BCUT2D eigenvalue weighted by molar-refractivity contribution is -0.154. The lowest BCUT2D eigenvalue weighted by Gasteiger charge is -2.25. The molecule has 0 atom stereocenters. The average molecular weight is 259 g/mol. The summed E-state index contributed by atoms with van der Waals surface area (Å²) in [6.45, 7) is 0. The van der Waals surface area contributed by atoms with Crippen LogP contribution < -0.4 is 4.74 Å². The number of aliphatic carboxylic acids is 1. The van der Waals surface area contributed by atoms with Crippen molar-refractivity contribution in [2.45, 2.75) is 31.3 Å². The Hall–Kier alpha value is -1.29. The van der Waals surface area contributed by atoms with Crippen molar-refractivity contribution < 1.29 is 19.0 Å². The van der Waals surface area contributed by atoms with Gasteiger partial charge in [0, 0.05) is 0 Å². The molecule has 0 radical (unpaired) electrons. The molecule has 1 aromatic carbocycles. The Balaban J connectivity index is 2.26. The number of benzene rings is 1. The molecule has 1 saturated carbocycles. The van der Waals surface area contributed by atoms with E-state index in [0.29, 0.717) is 12.8 Å². The summed E-state index contributed by atoms with van der Waals surface area (Å²) in [4.78, 5) is 11.3. The van der Waals surface area contributed by atoms with Crippen molar-refractivity contribution in [3.63, 3.8) is 0 Å². The highest BCUT2D eigenvalue weighted by Gasteiger charge is 2.44. The number of hydrogen-bond donors (Lipinski definition) is 1. The maximum Gasteiger partial charge on any atom is 0.348 e. The quantitative estimate of drug-likeness (QED) is 0.905. The molecular weight excluding hydrogens is 247 g/mol. The smallest absolute Gasteiger partial charge is 0.348 e. The predicted molar refractivity (Wildman–Crippen MR) is 60.9 cm³/mol. The molecule has 17 heavy (non-hydrogen) atoms. The lowest BCUT2D eigenvalue weighted by Crippen LogP contribution is -2.41. The van der Waals surface area contributed by atoms with E-state index in [2.05, 4.69) is 0 Å². The van der Waals surface area contributed by atoms with Crippen molar-refractivity contribution in [1.82, 2.24) is 0 Å². The highest BCUT2D eigenvalue weighted by atomic mass is 35.5. The molecule has 0 saturated heterocycles. The largest absolute Gasteiger partial charge is 0.478 e. The number of carbonyl (C=O) groups is 1. The van der Waals surface area contributed by atoms with E-state index in [9.17, 15) is 14.3 Å². The van der Waals surface area contributed by atoms with Gasteiger partial charge in [-0.3, -0.25) is 0 Å². The Morgan fingerprint density at radius 3 is 2.59 bits per heavy atom. The Morgan fingerprint density at radius 1 is 1.41 bits per heavy atom. The minimum atomic E-state index is -1.21. The summed E-state index contributed by atoms with van der Waals surface area (Å²) in [5.74, 6) is -1.24. The third-order valence-corrected chi connectivity index (χ3v) is 3.30. The molecular formula is C12H12ClFO3. The Labute approximate surface area is 103 Å². The molecule has 1 aliphatic rings. The Bertz CT molecular complexity index is 441. The molecule has 0 amide bonds. The van der Waals surface area contributed by atoms with Crippen molar-refractivity contribution in [3.8, 4) is 5.75 Å². The fraction of sp³-hybridized carbons (Fsp3) is 0.417. The lowest BCUT2D eigenvalue weighted by atomic mass is 10.0. The number of carboxylic acid groups (broad SMARTS) is 1. The maximum atomic E-state index is 12.9. The number of carboxylic acids is 1. The predicted octanol–water partition coefficient (Wildman–Crippen LogP) is 3.26. The topological polar surface area (TPSA) is 46.5 Å². The summed E-state index contributed by atoms with van der Waals surface area (Å²) in [5.41, 5.74) is -1.21. The van der Waals surface area contributed by atoms with Crippen LogP contribution in [0.1, 0.15) is 25.7 Å². The molecule has 1 N–H and O–H groups in total. The summed E-state index contributed by atoms with van der Waals surface area (Å²) >= 11 is 5.82. The van der Waals surface area contributed by atoms with Crippen molar-refractivity contribution in [3.05, 3.63) is 29.0 Å². The van der Waals surface area contributed by atoms with E-state index in [1.165, 1.54) is 12.1 Å². The Kier molecular flexibility index (Phi) is 3.24. The van der Waals surface area contributed by atoms with Crippen molar-refractivity contribution in [1.29, 1.82) is 0 Å². The minimum absolute atomic E-state index is 0.0949. The van der Waals surface area contributed by atoms with E-state index < -0.39 is 17.4 Å². The number of hydrogen-bond acceptors (Lipinski definition) is 2. The van der Waals surface area contributed by atoms with Crippen LogP contribution in [0.15, 0.2) is 18.2 Å². The zero-order valence-corrected chi connectivity index (χ0v) is 9.84. The highest BCUT2D eigenvalue weighted by molar-refractivity contribution is 6.32. The van der Waals surface area contributed by atoms with Gasteiger partial charge in [-0.1, -0.05) is 11.6 Å². The van der Waals surface area contributed by atoms with Crippen molar-refractivity contribution >= 4 is 17.6 Å². The highest BCUT2D eigenvalue weighted by Crippen LogP contribution is 2.37. The second-order valence-corrected chi connectivity index (χ2v) is 4.59. The summed E-state index contributed by atoms with van der Waals surface area (Å²) in [6.07, 6.45) is 2.53. The van der Waals surface area contributed by atoms with Crippen molar-refractivity contribution in [2.24, 2.45) is 0 Å². The van der Waals surface area contributed by atoms with Crippen molar-refractivity contribution in [2.75, 3.05) is 0 Å². The number of halogens is 2. The van der Waals surface area contributed by atoms with E-state index in [0.717, 1.165) is 18.9 Å². The monoisotopic (exact) mass is 258 g/mol. The van der Waals surface area contributed by atoms with Crippen LogP contribution in [-0.4, -0.2) is 16.7 Å². The third-order valence-electron chi connectivity index (χ3n) is 3.00. The van der Waals surface area contributed by atoms with Crippen LogP contribution in [0.25, 0.3) is 0 Å². The van der Waals surface area contributed by atoms with Crippen LogP contribution in [0.4, 0.5) is 4.39 Å².